The lowest BCUT2D eigenvalue weighted by Crippen LogP contribution is -2.63. The first kappa shape index (κ1) is 15.4. The largest absolute Gasteiger partial charge is 0.311 e. The minimum absolute atomic E-state index is 0.164. The number of hydrogen-bond acceptors (Lipinski definition) is 2. The van der Waals surface area contributed by atoms with Crippen molar-refractivity contribution >= 4 is 15.9 Å². The van der Waals surface area contributed by atoms with E-state index in [1.54, 1.807) is 0 Å². The Labute approximate surface area is 135 Å². The van der Waals surface area contributed by atoms with Gasteiger partial charge in [0.1, 0.15) is 5.82 Å². The van der Waals surface area contributed by atoms with Gasteiger partial charge in [-0.3, -0.25) is 4.90 Å². The van der Waals surface area contributed by atoms with E-state index in [1.165, 1.54) is 18.9 Å². The lowest BCUT2D eigenvalue weighted by Gasteiger charge is -2.49. The summed E-state index contributed by atoms with van der Waals surface area (Å²) in [6.45, 7) is 7.52. The summed E-state index contributed by atoms with van der Waals surface area (Å²) in [7, 11) is 0. The number of piperazine rings is 1. The quantitative estimate of drug-likeness (QED) is 0.880. The fraction of sp³-hybridized carbons (Fsp3) is 0.647. The minimum atomic E-state index is -0.164. The zero-order valence-electron chi connectivity index (χ0n) is 12.8. The molecule has 1 saturated carbocycles. The summed E-state index contributed by atoms with van der Waals surface area (Å²) in [5.74, 6) is 0.623. The van der Waals surface area contributed by atoms with E-state index in [0.29, 0.717) is 10.5 Å². The third kappa shape index (κ3) is 3.03. The molecule has 2 aliphatic rings. The molecule has 1 saturated heterocycles. The van der Waals surface area contributed by atoms with Gasteiger partial charge >= 0.3 is 0 Å². The topological polar surface area (TPSA) is 15.3 Å². The van der Waals surface area contributed by atoms with Crippen LogP contribution < -0.4 is 5.32 Å². The molecule has 1 aromatic carbocycles. The van der Waals surface area contributed by atoms with Crippen molar-refractivity contribution in [2.75, 3.05) is 13.1 Å². The molecule has 2 nitrogen and oxygen atoms in total. The zero-order chi connectivity index (χ0) is 15.0. The van der Waals surface area contributed by atoms with Gasteiger partial charge in [-0.25, -0.2) is 4.39 Å². The molecule has 0 radical (unpaired) electrons. The van der Waals surface area contributed by atoms with Crippen molar-refractivity contribution in [3.05, 3.63) is 34.1 Å². The Kier molecular flexibility index (Phi) is 4.40. The standard InChI is InChI=1S/C17H24BrFN2/c1-3-14-10-21(17(2,11-20-14)13-7-8-13)9-12-5-4-6-15(19)16(12)18/h4-6,13-14,20H,3,7-11H2,1-2H3. The summed E-state index contributed by atoms with van der Waals surface area (Å²) in [4.78, 5) is 2.58. The highest BCUT2D eigenvalue weighted by Gasteiger charge is 2.48. The molecule has 4 heteroatoms. The Balaban J connectivity index is 1.83. The van der Waals surface area contributed by atoms with Gasteiger partial charge in [-0.1, -0.05) is 19.1 Å². The van der Waals surface area contributed by atoms with Gasteiger partial charge in [0.15, 0.2) is 0 Å². The zero-order valence-corrected chi connectivity index (χ0v) is 14.4. The Morgan fingerprint density at radius 2 is 2.19 bits per heavy atom. The van der Waals surface area contributed by atoms with Crippen LogP contribution in [0, 0.1) is 11.7 Å². The van der Waals surface area contributed by atoms with Crippen molar-refractivity contribution in [3.63, 3.8) is 0 Å². The van der Waals surface area contributed by atoms with E-state index in [-0.39, 0.29) is 11.4 Å². The summed E-state index contributed by atoms with van der Waals surface area (Å²) < 4.78 is 14.4. The van der Waals surface area contributed by atoms with Crippen molar-refractivity contribution in [1.29, 1.82) is 0 Å². The Bertz CT molecular complexity index is 518. The van der Waals surface area contributed by atoms with Crippen LogP contribution in [-0.2, 0) is 6.54 Å². The molecule has 1 aliphatic heterocycles. The van der Waals surface area contributed by atoms with Crippen LogP contribution in [0.1, 0.15) is 38.7 Å². The van der Waals surface area contributed by atoms with Crippen LogP contribution in [0.15, 0.2) is 22.7 Å². The summed E-state index contributed by atoms with van der Waals surface area (Å²) in [5, 5.41) is 3.70. The molecule has 1 N–H and O–H groups in total. The fourth-order valence-corrected chi connectivity index (χ4v) is 3.89. The van der Waals surface area contributed by atoms with E-state index < -0.39 is 0 Å². The highest BCUT2D eigenvalue weighted by atomic mass is 79.9. The van der Waals surface area contributed by atoms with Crippen molar-refractivity contribution in [2.24, 2.45) is 5.92 Å². The Morgan fingerprint density at radius 1 is 1.43 bits per heavy atom. The van der Waals surface area contributed by atoms with Crippen LogP contribution in [0.4, 0.5) is 4.39 Å². The maximum absolute atomic E-state index is 13.8. The van der Waals surface area contributed by atoms with Gasteiger partial charge in [0.25, 0.3) is 0 Å². The molecule has 0 spiro atoms. The third-order valence-electron chi connectivity index (χ3n) is 5.25. The van der Waals surface area contributed by atoms with Gasteiger partial charge in [-0.05, 0) is 59.7 Å². The SMILES string of the molecule is CCC1CN(Cc2cccc(F)c2Br)C(C)(C2CC2)CN1. The summed E-state index contributed by atoms with van der Waals surface area (Å²) in [5.41, 5.74) is 1.26. The molecule has 2 fully saturated rings. The second-order valence-electron chi connectivity index (χ2n) is 6.71. The monoisotopic (exact) mass is 354 g/mol. The average molecular weight is 355 g/mol. The van der Waals surface area contributed by atoms with Crippen molar-refractivity contribution in [1.82, 2.24) is 10.2 Å². The number of nitrogens with zero attached hydrogens (tertiary/aromatic N) is 1. The van der Waals surface area contributed by atoms with E-state index in [9.17, 15) is 4.39 Å². The van der Waals surface area contributed by atoms with Gasteiger partial charge in [0, 0.05) is 31.2 Å². The maximum Gasteiger partial charge on any atom is 0.137 e. The Hall–Kier alpha value is -0.450. The van der Waals surface area contributed by atoms with Gasteiger partial charge in [0.05, 0.1) is 4.47 Å². The number of hydrogen-bond donors (Lipinski definition) is 1. The van der Waals surface area contributed by atoms with E-state index in [0.717, 1.165) is 37.5 Å². The number of rotatable bonds is 4. The maximum atomic E-state index is 13.8. The van der Waals surface area contributed by atoms with Crippen LogP contribution in [0.3, 0.4) is 0 Å². The molecular formula is C17H24BrFN2. The average Bonchev–Trinajstić information content (AvgIpc) is 3.31. The molecule has 2 unspecified atom stereocenters. The normalized spacial score (nSPS) is 30.6. The second kappa shape index (κ2) is 5.98. The molecule has 0 bridgehead atoms. The van der Waals surface area contributed by atoms with Crippen molar-refractivity contribution in [2.45, 2.75) is 51.2 Å². The van der Waals surface area contributed by atoms with Crippen molar-refractivity contribution in [3.8, 4) is 0 Å². The van der Waals surface area contributed by atoms with Crippen LogP contribution in [0.5, 0.6) is 0 Å². The molecule has 21 heavy (non-hydrogen) atoms. The van der Waals surface area contributed by atoms with Crippen LogP contribution >= 0.6 is 15.9 Å². The van der Waals surface area contributed by atoms with Crippen LogP contribution in [0.2, 0.25) is 0 Å². The van der Waals surface area contributed by atoms with E-state index in [2.05, 4.69) is 40.0 Å². The molecule has 3 rings (SSSR count). The predicted molar refractivity (Wildman–Crippen MR) is 87.7 cm³/mol. The van der Waals surface area contributed by atoms with Gasteiger partial charge in [0.2, 0.25) is 0 Å². The second-order valence-corrected chi connectivity index (χ2v) is 7.50. The molecule has 0 amide bonds. The summed E-state index contributed by atoms with van der Waals surface area (Å²) in [6, 6.07) is 5.90. The Morgan fingerprint density at radius 3 is 2.86 bits per heavy atom. The minimum Gasteiger partial charge on any atom is -0.311 e. The van der Waals surface area contributed by atoms with Crippen molar-refractivity contribution < 1.29 is 4.39 Å². The predicted octanol–water partition coefficient (Wildman–Crippen LogP) is 3.94. The van der Waals surface area contributed by atoms with E-state index >= 15 is 0 Å². The van der Waals surface area contributed by atoms with Gasteiger partial charge in [-0.2, -0.15) is 0 Å². The highest BCUT2D eigenvalue weighted by Crippen LogP contribution is 2.44. The first-order valence-electron chi connectivity index (χ1n) is 7.96. The summed E-state index contributed by atoms with van der Waals surface area (Å²) in [6.07, 6.45) is 3.80. The third-order valence-corrected chi connectivity index (χ3v) is 6.14. The highest BCUT2D eigenvalue weighted by molar-refractivity contribution is 9.10. The number of benzene rings is 1. The molecule has 0 aromatic heterocycles. The van der Waals surface area contributed by atoms with Crippen LogP contribution in [0.25, 0.3) is 0 Å². The molecular weight excluding hydrogens is 331 g/mol. The van der Waals surface area contributed by atoms with Gasteiger partial charge in [-0.15, -0.1) is 0 Å². The molecule has 2 atom stereocenters. The smallest absolute Gasteiger partial charge is 0.137 e. The number of halogens is 2. The molecule has 1 aromatic rings. The molecule has 1 heterocycles. The van der Waals surface area contributed by atoms with Gasteiger partial charge < -0.3 is 5.32 Å². The molecule has 1 aliphatic carbocycles. The van der Waals surface area contributed by atoms with E-state index in [1.807, 2.05) is 12.1 Å². The molecule has 116 valence electrons. The lowest BCUT2D eigenvalue weighted by molar-refractivity contribution is 0.0268. The summed E-state index contributed by atoms with van der Waals surface area (Å²) >= 11 is 3.41. The van der Waals surface area contributed by atoms with E-state index in [4.69, 9.17) is 0 Å². The first-order valence-corrected chi connectivity index (χ1v) is 8.75. The number of nitrogens with one attached hydrogen (secondary N) is 1. The first-order chi connectivity index (χ1) is 10.0. The fourth-order valence-electron chi connectivity index (χ4n) is 3.50. The van der Waals surface area contributed by atoms with Crippen LogP contribution in [-0.4, -0.2) is 29.6 Å². The lowest BCUT2D eigenvalue weighted by atomic mass is 9.88.